The van der Waals surface area contributed by atoms with Gasteiger partial charge in [0.1, 0.15) is 17.3 Å². The zero-order valence-electron chi connectivity index (χ0n) is 10.6. The molecule has 2 aromatic rings. The van der Waals surface area contributed by atoms with E-state index in [9.17, 15) is 14.9 Å². The van der Waals surface area contributed by atoms with Gasteiger partial charge in [0.25, 0.3) is 5.69 Å². The number of carbonyl (C=O) groups is 1. The van der Waals surface area contributed by atoms with Gasteiger partial charge in [-0.2, -0.15) is 0 Å². The summed E-state index contributed by atoms with van der Waals surface area (Å²) in [6.45, 7) is 1.49. The number of carbonyl (C=O) groups excluding carboxylic acids is 1. The highest BCUT2D eigenvalue weighted by atomic mass is 16.6. The van der Waals surface area contributed by atoms with E-state index in [1.54, 1.807) is 30.3 Å². The topological polar surface area (TPSA) is 94.4 Å². The van der Waals surface area contributed by atoms with E-state index >= 15 is 0 Å². The Morgan fingerprint density at radius 2 is 1.95 bits per heavy atom. The fraction of sp³-hybridized carbons (Fsp3) is 0.0769. The fourth-order valence-corrected chi connectivity index (χ4v) is 1.54. The molecule has 7 heteroatoms. The van der Waals surface area contributed by atoms with Crippen molar-refractivity contribution in [2.24, 2.45) is 0 Å². The van der Waals surface area contributed by atoms with Crippen LogP contribution in [0.2, 0.25) is 0 Å². The molecule has 2 rings (SSSR count). The Kier molecular flexibility index (Phi) is 3.90. The first-order chi connectivity index (χ1) is 9.56. The summed E-state index contributed by atoms with van der Waals surface area (Å²) in [5.74, 6) is 0.581. The number of ether oxygens (including phenoxy) is 1. The minimum absolute atomic E-state index is 0.105. The molecule has 0 aliphatic carbocycles. The molecule has 0 saturated heterocycles. The van der Waals surface area contributed by atoms with Crippen LogP contribution in [-0.2, 0) is 0 Å². The third kappa shape index (κ3) is 3.29. The standard InChI is InChI=1S/C13H11N3O4/c1-9-11(16(18)19)7-8-12(14-9)15-13(17)20-10-5-3-2-4-6-10/h2-8H,1H3,(H,14,15,17). The average Bonchev–Trinajstić information content (AvgIpc) is 2.39. The molecule has 1 aromatic heterocycles. The Morgan fingerprint density at radius 3 is 2.55 bits per heavy atom. The lowest BCUT2D eigenvalue weighted by Gasteiger charge is -2.06. The lowest BCUT2D eigenvalue weighted by molar-refractivity contribution is -0.385. The van der Waals surface area contributed by atoms with Crippen molar-refractivity contribution in [3.8, 4) is 5.75 Å². The van der Waals surface area contributed by atoms with E-state index in [0.717, 1.165) is 0 Å². The highest BCUT2D eigenvalue weighted by Crippen LogP contribution is 2.18. The molecule has 0 spiro atoms. The van der Waals surface area contributed by atoms with Gasteiger partial charge in [-0.15, -0.1) is 0 Å². The lowest BCUT2D eigenvalue weighted by Crippen LogP contribution is -2.17. The number of hydrogen-bond acceptors (Lipinski definition) is 5. The Balaban J connectivity index is 2.05. The molecule has 20 heavy (non-hydrogen) atoms. The molecule has 0 radical (unpaired) electrons. The molecule has 0 aliphatic rings. The highest BCUT2D eigenvalue weighted by Gasteiger charge is 2.13. The van der Waals surface area contributed by atoms with E-state index in [1.807, 2.05) is 0 Å². The van der Waals surface area contributed by atoms with Crippen LogP contribution in [0.5, 0.6) is 5.75 Å². The largest absolute Gasteiger partial charge is 0.418 e. The Hall–Kier alpha value is -2.96. The Morgan fingerprint density at radius 1 is 1.25 bits per heavy atom. The van der Waals surface area contributed by atoms with E-state index in [-0.39, 0.29) is 17.2 Å². The number of para-hydroxylation sites is 1. The number of pyridine rings is 1. The Bertz CT molecular complexity index is 643. The predicted molar refractivity (Wildman–Crippen MR) is 71.7 cm³/mol. The predicted octanol–water partition coefficient (Wildman–Crippen LogP) is 2.91. The molecule has 1 heterocycles. The van der Waals surface area contributed by atoms with Crippen molar-refractivity contribution in [3.05, 3.63) is 58.3 Å². The van der Waals surface area contributed by atoms with Gasteiger partial charge in [-0.05, 0) is 25.1 Å². The van der Waals surface area contributed by atoms with Gasteiger partial charge in [0.05, 0.1) is 4.92 Å². The summed E-state index contributed by atoms with van der Waals surface area (Å²) in [5, 5.41) is 13.1. The van der Waals surface area contributed by atoms with Crippen LogP contribution in [-0.4, -0.2) is 16.0 Å². The third-order valence-corrected chi connectivity index (χ3v) is 2.44. The summed E-state index contributed by atoms with van der Waals surface area (Å²) >= 11 is 0. The maximum Gasteiger partial charge on any atom is 0.418 e. The molecule has 1 aromatic carbocycles. The molecule has 102 valence electrons. The highest BCUT2D eigenvalue weighted by molar-refractivity contribution is 5.85. The molecular weight excluding hydrogens is 262 g/mol. The minimum Gasteiger partial charge on any atom is -0.410 e. The molecule has 0 fully saturated rings. The van der Waals surface area contributed by atoms with E-state index in [0.29, 0.717) is 5.75 Å². The molecule has 1 N–H and O–H groups in total. The van der Waals surface area contributed by atoms with Crippen LogP contribution in [0.15, 0.2) is 42.5 Å². The number of aromatic nitrogens is 1. The summed E-state index contributed by atoms with van der Waals surface area (Å²) in [4.78, 5) is 25.6. The number of aryl methyl sites for hydroxylation is 1. The number of rotatable bonds is 3. The third-order valence-electron chi connectivity index (χ3n) is 2.44. The van der Waals surface area contributed by atoms with Crippen LogP contribution in [0.4, 0.5) is 16.3 Å². The van der Waals surface area contributed by atoms with Gasteiger partial charge < -0.3 is 4.74 Å². The summed E-state index contributed by atoms with van der Waals surface area (Å²) in [6.07, 6.45) is -0.711. The van der Waals surface area contributed by atoms with Gasteiger partial charge in [-0.25, -0.2) is 9.78 Å². The van der Waals surface area contributed by atoms with Crippen molar-refractivity contribution in [2.75, 3.05) is 5.32 Å². The molecule has 0 bridgehead atoms. The van der Waals surface area contributed by atoms with Gasteiger partial charge in [0.15, 0.2) is 0 Å². The summed E-state index contributed by atoms with van der Waals surface area (Å²) in [5.41, 5.74) is 0.111. The smallest absolute Gasteiger partial charge is 0.410 e. The van der Waals surface area contributed by atoms with Crippen molar-refractivity contribution in [2.45, 2.75) is 6.92 Å². The number of amides is 1. The summed E-state index contributed by atoms with van der Waals surface area (Å²) in [6, 6.07) is 11.2. The van der Waals surface area contributed by atoms with E-state index in [4.69, 9.17) is 4.74 Å². The van der Waals surface area contributed by atoms with Crippen LogP contribution >= 0.6 is 0 Å². The quantitative estimate of drug-likeness (QED) is 0.685. The molecular formula is C13H11N3O4. The van der Waals surface area contributed by atoms with Crippen LogP contribution in [0.1, 0.15) is 5.69 Å². The minimum atomic E-state index is -0.711. The lowest BCUT2D eigenvalue weighted by atomic mass is 10.3. The molecule has 0 atom stereocenters. The van der Waals surface area contributed by atoms with Crippen molar-refractivity contribution in [3.63, 3.8) is 0 Å². The zero-order valence-corrected chi connectivity index (χ0v) is 10.6. The number of nitrogens with zero attached hydrogens (tertiary/aromatic N) is 2. The van der Waals surface area contributed by atoms with Crippen LogP contribution in [0.3, 0.4) is 0 Å². The van der Waals surface area contributed by atoms with Gasteiger partial charge in [-0.3, -0.25) is 15.4 Å². The van der Waals surface area contributed by atoms with Gasteiger partial charge in [-0.1, -0.05) is 18.2 Å². The zero-order chi connectivity index (χ0) is 14.5. The number of hydrogen-bond donors (Lipinski definition) is 1. The second-order valence-corrected chi connectivity index (χ2v) is 3.89. The summed E-state index contributed by atoms with van der Waals surface area (Å²) < 4.78 is 5.01. The number of nitro groups is 1. The average molecular weight is 273 g/mol. The van der Waals surface area contributed by atoms with Crippen LogP contribution in [0.25, 0.3) is 0 Å². The van der Waals surface area contributed by atoms with Crippen LogP contribution in [0, 0.1) is 17.0 Å². The first-order valence-corrected chi connectivity index (χ1v) is 5.72. The van der Waals surface area contributed by atoms with Crippen molar-refractivity contribution in [1.29, 1.82) is 0 Å². The van der Waals surface area contributed by atoms with Crippen molar-refractivity contribution >= 4 is 17.6 Å². The van der Waals surface area contributed by atoms with E-state index in [2.05, 4.69) is 10.3 Å². The number of benzene rings is 1. The first kappa shape index (κ1) is 13.5. The summed E-state index contributed by atoms with van der Waals surface area (Å²) in [7, 11) is 0. The van der Waals surface area contributed by atoms with E-state index < -0.39 is 11.0 Å². The monoisotopic (exact) mass is 273 g/mol. The molecule has 0 aliphatic heterocycles. The Labute approximate surface area is 114 Å². The van der Waals surface area contributed by atoms with Gasteiger partial charge >= 0.3 is 6.09 Å². The van der Waals surface area contributed by atoms with Crippen molar-refractivity contribution < 1.29 is 14.5 Å². The van der Waals surface area contributed by atoms with Crippen LogP contribution < -0.4 is 10.1 Å². The fourth-order valence-electron chi connectivity index (χ4n) is 1.54. The van der Waals surface area contributed by atoms with Crippen molar-refractivity contribution in [1.82, 2.24) is 4.98 Å². The number of nitrogens with one attached hydrogen (secondary N) is 1. The molecule has 7 nitrogen and oxygen atoms in total. The SMILES string of the molecule is Cc1nc(NC(=O)Oc2ccccc2)ccc1[N+](=O)[O-]. The number of anilines is 1. The molecule has 0 saturated carbocycles. The maximum absolute atomic E-state index is 11.6. The normalized spacial score (nSPS) is 9.85. The maximum atomic E-state index is 11.6. The molecule has 1 amide bonds. The second-order valence-electron chi connectivity index (χ2n) is 3.89. The van der Waals surface area contributed by atoms with Gasteiger partial charge in [0.2, 0.25) is 0 Å². The first-order valence-electron chi connectivity index (χ1n) is 5.72. The van der Waals surface area contributed by atoms with E-state index in [1.165, 1.54) is 19.1 Å². The second kappa shape index (κ2) is 5.79. The van der Waals surface area contributed by atoms with Gasteiger partial charge in [0, 0.05) is 6.07 Å². The molecule has 0 unspecified atom stereocenters.